The smallest absolute Gasteiger partial charge is 0.107 e. The van der Waals surface area contributed by atoms with Crippen LogP contribution in [0.15, 0.2) is 66.1 Å². The molecule has 5 rings (SSSR count). The van der Waals surface area contributed by atoms with Gasteiger partial charge in [0.15, 0.2) is 0 Å². The molecule has 1 saturated heterocycles. The molecule has 0 radical (unpaired) electrons. The van der Waals surface area contributed by atoms with E-state index in [1.807, 2.05) is 6.20 Å². The van der Waals surface area contributed by atoms with Gasteiger partial charge in [0.1, 0.15) is 5.03 Å². The first-order valence-corrected chi connectivity index (χ1v) is 12.0. The number of hydrogen-bond donors (Lipinski definition) is 2. The molecule has 0 spiro atoms. The normalized spacial score (nSPS) is 21.7. The molecule has 2 atom stereocenters. The first-order valence-electron chi connectivity index (χ1n) is 11.2. The van der Waals surface area contributed by atoms with Crippen molar-refractivity contribution in [3.05, 3.63) is 83.3 Å². The quantitative estimate of drug-likeness (QED) is 0.547. The van der Waals surface area contributed by atoms with Gasteiger partial charge in [-0.1, -0.05) is 48.5 Å². The summed E-state index contributed by atoms with van der Waals surface area (Å²) in [5.41, 5.74) is 5.83. The molecule has 0 amide bonds. The van der Waals surface area contributed by atoms with Gasteiger partial charge < -0.3 is 9.72 Å². The molecule has 2 heterocycles. The van der Waals surface area contributed by atoms with E-state index in [4.69, 9.17) is 4.74 Å². The van der Waals surface area contributed by atoms with Gasteiger partial charge in [0, 0.05) is 31.6 Å². The number of rotatable bonds is 7. The number of nitrogens with one attached hydrogen (secondary N) is 2. The van der Waals surface area contributed by atoms with Crippen molar-refractivity contribution in [2.75, 3.05) is 26.3 Å². The van der Waals surface area contributed by atoms with E-state index in [2.05, 4.69) is 68.1 Å². The number of aromatic amines is 1. The largest absolute Gasteiger partial charge is 0.379 e. The second-order valence-electron chi connectivity index (χ2n) is 8.42. The summed E-state index contributed by atoms with van der Waals surface area (Å²) in [6, 6.07) is 18.7. The van der Waals surface area contributed by atoms with Crippen LogP contribution >= 0.6 is 11.9 Å². The average Bonchev–Trinajstić information content (AvgIpc) is 3.34. The first kappa shape index (κ1) is 20.8. The van der Waals surface area contributed by atoms with Crippen molar-refractivity contribution in [2.24, 2.45) is 0 Å². The molecule has 6 heteroatoms. The van der Waals surface area contributed by atoms with Gasteiger partial charge in [0.25, 0.3) is 0 Å². The molecule has 1 aliphatic carbocycles. The summed E-state index contributed by atoms with van der Waals surface area (Å²) in [5, 5.41) is 1.03. The number of H-pyrrole nitrogens is 1. The number of fused-ring (bicyclic) bond motifs is 1. The van der Waals surface area contributed by atoms with Crippen LogP contribution in [0.2, 0.25) is 0 Å². The molecule has 5 nitrogen and oxygen atoms in total. The van der Waals surface area contributed by atoms with E-state index in [1.54, 1.807) is 18.3 Å². The highest BCUT2D eigenvalue weighted by molar-refractivity contribution is 7.97. The monoisotopic (exact) mass is 434 g/mol. The fourth-order valence-corrected chi connectivity index (χ4v) is 5.61. The van der Waals surface area contributed by atoms with Gasteiger partial charge in [-0.15, -0.1) is 0 Å². The molecule has 2 N–H and O–H groups in total. The molecule has 2 aromatic carbocycles. The summed E-state index contributed by atoms with van der Waals surface area (Å²) in [4.78, 5) is 9.88. The summed E-state index contributed by atoms with van der Waals surface area (Å²) in [5.74, 6) is 0.518. The van der Waals surface area contributed by atoms with Crippen LogP contribution in [0.1, 0.15) is 34.6 Å². The van der Waals surface area contributed by atoms with Gasteiger partial charge in [-0.25, -0.2) is 4.98 Å². The Balaban J connectivity index is 1.38. The van der Waals surface area contributed by atoms with Crippen molar-refractivity contribution >= 4 is 11.9 Å². The summed E-state index contributed by atoms with van der Waals surface area (Å²) in [6.07, 6.45) is 7.04. The van der Waals surface area contributed by atoms with E-state index in [0.717, 1.165) is 44.3 Å². The minimum Gasteiger partial charge on any atom is -0.379 e. The number of imidazole rings is 1. The number of aromatic nitrogens is 2. The lowest BCUT2D eigenvalue weighted by Gasteiger charge is -2.43. The van der Waals surface area contributed by atoms with E-state index in [-0.39, 0.29) is 0 Å². The number of nitrogens with zero attached hydrogens (tertiary/aromatic N) is 2. The summed E-state index contributed by atoms with van der Waals surface area (Å²) >= 11 is 1.60. The topological polar surface area (TPSA) is 53.2 Å². The van der Waals surface area contributed by atoms with E-state index in [9.17, 15) is 0 Å². The van der Waals surface area contributed by atoms with Crippen molar-refractivity contribution in [2.45, 2.75) is 42.8 Å². The van der Waals surface area contributed by atoms with Gasteiger partial charge >= 0.3 is 0 Å². The zero-order valence-corrected chi connectivity index (χ0v) is 18.6. The number of hydrogen-bond acceptors (Lipinski definition) is 5. The highest BCUT2D eigenvalue weighted by atomic mass is 32.2. The predicted octanol–water partition coefficient (Wildman–Crippen LogP) is 4.18. The molecule has 162 valence electrons. The van der Waals surface area contributed by atoms with Gasteiger partial charge in [-0.05, 0) is 53.5 Å². The Morgan fingerprint density at radius 2 is 1.97 bits per heavy atom. The molecule has 1 fully saturated rings. The Bertz CT molecular complexity index is 957. The van der Waals surface area contributed by atoms with E-state index < -0.39 is 0 Å². The Morgan fingerprint density at radius 3 is 2.77 bits per heavy atom. The van der Waals surface area contributed by atoms with Crippen LogP contribution in [-0.4, -0.2) is 47.2 Å². The Morgan fingerprint density at radius 1 is 1.10 bits per heavy atom. The van der Waals surface area contributed by atoms with Crippen LogP contribution in [0.5, 0.6) is 0 Å². The summed E-state index contributed by atoms with van der Waals surface area (Å²) in [7, 11) is 0. The number of aryl methyl sites for hydroxylation is 1. The summed E-state index contributed by atoms with van der Waals surface area (Å²) in [6.45, 7) is 4.64. The molecule has 31 heavy (non-hydrogen) atoms. The highest BCUT2D eigenvalue weighted by Crippen LogP contribution is 2.38. The van der Waals surface area contributed by atoms with Crippen molar-refractivity contribution in [3.63, 3.8) is 0 Å². The van der Waals surface area contributed by atoms with Gasteiger partial charge in [-0.3, -0.25) is 9.62 Å². The second kappa shape index (κ2) is 10.0. The SMILES string of the molecule is c1ccc(CC2c3cc(CNSc4cnc[nH]4)ccc3CCC2N2CCOCC2)cc1. The molecule has 2 aliphatic rings. The van der Waals surface area contributed by atoms with E-state index in [0.29, 0.717) is 12.0 Å². The van der Waals surface area contributed by atoms with Gasteiger partial charge in [0.05, 0.1) is 25.7 Å². The molecular weight excluding hydrogens is 404 g/mol. The van der Waals surface area contributed by atoms with Crippen LogP contribution in [0, 0.1) is 0 Å². The molecule has 1 aromatic heterocycles. The lowest BCUT2D eigenvalue weighted by molar-refractivity contribution is 0.00683. The molecule has 2 unspecified atom stereocenters. The third-order valence-corrected chi connectivity index (χ3v) is 7.26. The zero-order valence-electron chi connectivity index (χ0n) is 17.8. The molecule has 0 saturated carbocycles. The number of benzene rings is 2. The van der Waals surface area contributed by atoms with Crippen LogP contribution in [0.4, 0.5) is 0 Å². The Hall–Kier alpha value is -2.12. The fraction of sp³-hybridized carbons (Fsp3) is 0.400. The van der Waals surface area contributed by atoms with Gasteiger partial charge in [0.2, 0.25) is 0 Å². The third kappa shape index (κ3) is 5.04. The maximum atomic E-state index is 5.65. The maximum Gasteiger partial charge on any atom is 0.107 e. The number of morpholine rings is 1. The molecular formula is C25H30N4OS. The molecule has 3 aromatic rings. The Kier molecular flexibility index (Phi) is 6.70. The van der Waals surface area contributed by atoms with Crippen molar-refractivity contribution in [1.82, 2.24) is 19.6 Å². The first-order chi connectivity index (χ1) is 15.4. The lowest BCUT2D eigenvalue weighted by atomic mass is 9.75. The maximum absolute atomic E-state index is 5.65. The third-order valence-electron chi connectivity index (χ3n) is 6.53. The molecule has 1 aliphatic heterocycles. The van der Waals surface area contributed by atoms with Gasteiger partial charge in [-0.2, -0.15) is 0 Å². The van der Waals surface area contributed by atoms with Crippen LogP contribution in [0.25, 0.3) is 0 Å². The van der Waals surface area contributed by atoms with Crippen molar-refractivity contribution in [1.29, 1.82) is 0 Å². The number of ether oxygens (including phenoxy) is 1. The van der Waals surface area contributed by atoms with Crippen LogP contribution in [0.3, 0.4) is 0 Å². The van der Waals surface area contributed by atoms with E-state index in [1.165, 1.54) is 35.1 Å². The standard InChI is InChI=1S/C25H30N4OS/c1-2-4-19(5-3-1)14-23-22-15-20(16-28-31-25-17-26-18-27-25)6-7-21(22)8-9-24(23)29-10-12-30-13-11-29/h1-7,15,17-18,23-24,28H,8-14,16H2,(H,26,27). The van der Waals surface area contributed by atoms with Crippen LogP contribution in [-0.2, 0) is 24.1 Å². The van der Waals surface area contributed by atoms with E-state index >= 15 is 0 Å². The molecule has 0 bridgehead atoms. The minimum absolute atomic E-state index is 0.518. The average molecular weight is 435 g/mol. The second-order valence-corrected chi connectivity index (χ2v) is 9.36. The van der Waals surface area contributed by atoms with Crippen molar-refractivity contribution in [3.8, 4) is 0 Å². The zero-order chi connectivity index (χ0) is 20.9. The predicted molar refractivity (Wildman–Crippen MR) is 125 cm³/mol. The minimum atomic E-state index is 0.518. The Labute approximate surface area is 188 Å². The highest BCUT2D eigenvalue weighted by Gasteiger charge is 2.34. The summed E-state index contributed by atoms with van der Waals surface area (Å²) < 4.78 is 9.12. The van der Waals surface area contributed by atoms with Crippen LogP contribution < -0.4 is 4.72 Å². The lowest BCUT2D eigenvalue weighted by Crippen LogP contribution is -2.48. The van der Waals surface area contributed by atoms with Crippen molar-refractivity contribution < 1.29 is 4.74 Å². The fourth-order valence-electron chi connectivity index (χ4n) is 5.00.